The van der Waals surface area contributed by atoms with E-state index in [-0.39, 0.29) is 16.7 Å². The maximum absolute atomic E-state index is 12.8. The minimum atomic E-state index is -0.665. The molecular weight excluding hydrogens is 426 g/mol. The van der Waals surface area contributed by atoms with E-state index in [0.29, 0.717) is 55.7 Å². The highest BCUT2D eigenvalue weighted by atomic mass is 32.2. The zero-order valence-corrected chi connectivity index (χ0v) is 18.1. The molecule has 166 valence electrons. The van der Waals surface area contributed by atoms with E-state index in [1.807, 2.05) is 11.8 Å². The van der Waals surface area contributed by atoms with E-state index in [0.717, 1.165) is 4.90 Å². The summed E-state index contributed by atoms with van der Waals surface area (Å²) in [4.78, 5) is 50.8. The Morgan fingerprint density at radius 3 is 2.71 bits per heavy atom. The second-order valence-electron chi connectivity index (χ2n) is 7.08. The number of nitro benzene ring substituents is 1. The van der Waals surface area contributed by atoms with Crippen molar-refractivity contribution in [2.45, 2.75) is 26.4 Å². The van der Waals surface area contributed by atoms with Crippen molar-refractivity contribution >= 4 is 46.3 Å². The molecule has 11 heteroatoms. The van der Waals surface area contributed by atoms with Crippen molar-refractivity contribution in [3.63, 3.8) is 0 Å². The quantitative estimate of drug-likeness (QED) is 0.268. The molecule has 0 aromatic heterocycles. The number of carbonyl (C=O) groups is 3. The summed E-state index contributed by atoms with van der Waals surface area (Å²) in [7, 11) is 0. The summed E-state index contributed by atoms with van der Waals surface area (Å²) in [5.41, 5.74) is 1.03. The topological polar surface area (TPSA) is 119 Å². The molecule has 1 atom stereocenters. The first-order valence-electron chi connectivity index (χ1n) is 9.86. The minimum Gasteiger partial charge on any atom is -0.461 e. The number of nitrogens with zero attached hydrogens (tertiary/aromatic N) is 3. The number of anilines is 1. The Bertz CT molecular complexity index is 927. The van der Waals surface area contributed by atoms with Gasteiger partial charge < -0.3 is 14.4 Å². The van der Waals surface area contributed by atoms with E-state index in [1.54, 1.807) is 13.0 Å². The van der Waals surface area contributed by atoms with Crippen LogP contribution in [-0.4, -0.2) is 65.9 Å². The molecule has 2 saturated heterocycles. The third-order valence-electron chi connectivity index (χ3n) is 4.93. The number of amides is 2. The van der Waals surface area contributed by atoms with Gasteiger partial charge in [-0.1, -0.05) is 6.92 Å². The van der Waals surface area contributed by atoms with E-state index in [4.69, 9.17) is 9.47 Å². The molecule has 0 N–H and O–H groups in total. The Labute approximate surface area is 183 Å². The van der Waals surface area contributed by atoms with Crippen LogP contribution in [0.5, 0.6) is 0 Å². The van der Waals surface area contributed by atoms with Gasteiger partial charge in [-0.15, -0.1) is 0 Å². The standard InChI is InChI=1S/C20H23N3O7S/c1-3-13(2)30-18(24)12-22-19(25)17(31-20(22)26)11-14-10-15(23(27)28)4-5-16(14)21-6-8-29-9-7-21/h4-5,10-11,13H,3,6-9,12H2,1-2H3/b17-11-/t13-/m1/s1. The van der Waals surface area contributed by atoms with Crippen LogP contribution in [0.3, 0.4) is 0 Å². The van der Waals surface area contributed by atoms with Gasteiger partial charge in [-0.2, -0.15) is 0 Å². The molecule has 0 radical (unpaired) electrons. The Morgan fingerprint density at radius 1 is 1.35 bits per heavy atom. The van der Waals surface area contributed by atoms with Gasteiger partial charge in [-0.25, -0.2) is 0 Å². The van der Waals surface area contributed by atoms with E-state index in [9.17, 15) is 24.5 Å². The van der Waals surface area contributed by atoms with Crippen molar-refractivity contribution in [1.82, 2.24) is 4.90 Å². The van der Waals surface area contributed by atoms with E-state index in [1.165, 1.54) is 18.2 Å². The van der Waals surface area contributed by atoms with Gasteiger partial charge in [0.2, 0.25) is 0 Å². The lowest BCUT2D eigenvalue weighted by Gasteiger charge is -2.30. The number of esters is 1. The summed E-state index contributed by atoms with van der Waals surface area (Å²) < 4.78 is 10.5. The van der Waals surface area contributed by atoms with Crippen LogP contribution < -0.4 is 4.90 Å². The van der Waals surface area contributed by atoms with Gasteiger partial charge in [0.1, 0.15) is 6.54 Å². The number of imide groups is 1. The van der Waals surface area contributed by atoms with Crippen molar-refractivity contribution in [3.8, 4) is 0 Å². The summed E-state index contributed by atoms with van der Waals surface area (Å²) in [6.07, 6.45) is 1.76. The van der Waals surface area contributed by atoms with E-state index in [2.05, 4.69) is 0 Å². The lowest BCUT2D eigenvalue weighted by Crippen LogP contribution is -2.36. The van der Waals surface area contributed by atoms with Crippen molar-refractivity contribution in [2.24, 2.45) is 0 Å². The second-order valence-corrected chi connectivity index (χ2v) is 8.07. The van der Waals surface area contributed by atoms with Crippen LogP contribution in [0, 0.1) is 10.1 Å². The number of nitro groups is 1. The van der Waals surface area contributed by atoms with Gasteiger partial charge in [-0.05, 0) is 37.2 Å². The Kier molecular flexibility index (Phi) is 7.29. The van der Waals surface area contributed by atoms with Gasteiger partial charge in [-0.3, -0.25) is 29.4 Å². The normalized spacial score (nSPS) is 19.1. The van der Waals surface area contributed by atoms with Crippen molar-refractivity contribution in [1.29, 1.82) is 0 Å². The summed E-state index contributed by atoms with van der Waals surface area (Å²) in [5, 5.41) is 10.7. The van der Waals surface area contributed by atoms with Crippen LogP contribution >= 0.6 is 11.8 Å². The average molecular weight is 449 g/mol. The fourth-order valence-corrected chi connectivity index (χ4v) is 3.94. The second kappa shape index (κ2) is 9.92. The summed E-state index contributed by atoms with van der Waals surface area (Å²) in [6, 6.07) is 4.40. The van der Waals surface area contributed by atoms with Crippen LogP contribution in [0.2, 0.25) is 0 Å². The average Bonchev–Trinajstić information content (AvgIpc) is 3.01. The first kappa shape index (κ1) is 22.8. The van der Waals surface area contributed by atoms with E-state index >= 15 is 0 Å². The van der Waals surface area contributed by atoms with Crippen molar-refractivity contribution in [2.75, 3.05) is 37.7 Å². The fraction of sp³-hybridized carbons (Fsp3) is 0.450. The highest BCUT2D eigenvalue weighted by Gasteiger charge is 2.37. The molecular formula is C20H23N3O7S. The molecule has 3 rings (SSSR count). The smallest absolute Gasteiger partial charge is 0.326 e. The zero-order valence-electron chi connectivity index (χ0n) is 17.2. The summed E-state index contributed by atoms with van der Waals surface area (Å²) in [6.45, 7) is 5.34. The molecule has 0 bridgehead atoms. The Morgan fingerprint density at radius 2 is 2.06 bits per heavy atom. The number of rotatable bonds is 7. The molecule has 2 amide bonds. The lowest BCUT2D eigenvalue weighted by atomic mass is 10.1. The first-order chi connectivity index (χ1) is 14.8. The number of hydrogen-bond acceptors (Lipinski definition) is 9. The predicted octanol–water partition coefficient (Wildman–Crippen LogP) is 2.81. The molecule has 1 aromatic rings. The Balaban J connectivity index is 1.87. The minimum absolute atomic E-state index is 0.0938. The molecule has 2 aliphatic heterocycles. The maximum atomic E-state index is 12.8. The van der Waals surface area contributed by atoms with Crippen LogP contribution in [0.4, 0.5) is 16.2 Å². The molecule has 0 aliphatic carbocycles. The highest BCUT2D eigenvalue weighted by Crippen LogP contribution is 2.35. The van der Waals surface area contributed by atoms with Gasteiger partial charge in [0.05, 0.1) is 29.1 Å². The number of benzene rings is 1. The number of carbonyl (C=O) groups excluding carboxylic acids is 3. The predicted molar refractivity (Wildman–Crippen MR) is 115 cm³/mol. The van der Waals surface area contributed by atoms with Gasteiger partial charge in [0, 0.05) is 36.5 Å². The number of ether oxygens (including phenoxy) is 2. The molecule has 10 nitrogen and oxygen atoms in total. The monoisotopic (exact) mass is 449 g/mol. The third kappa shape index (κ3) is 5.42. The zero-order chi connectivity index (χ0) is 22.5. The van der Waals surface area contributed by atoms with Gasteiger partial charge in [0.25, 0.3) is 16.8 Å². The number of non-ortho nitro benzene ring substituents is 1. The SMILES string of the molecule is CC[C@@H](C)OC(=O)CN1C(=O)S/C(=C\c2cc([N+](=O)[O-])ccc2N2CCOCC2)C1=O. The van der Waals surface area contributed by atoms with Crippen molar-refractivity contribution < 1.29 is 28.8 Å². The van der Waals surface area contributed by atoms with Crippen molar-refractivity contribution in [3.05, 3.63) is 38.8 Å². The number of thioether (sulfide) groups is 1. The fourth-order valence-electron chi connectivity index (χ4n) is 3.11. The molecule has 0 unspecified atom stereocenters. The maximum Gasteiger partial charge on any atom is 0.326 e. The van der Waals surface area contributed by atoms with Crippen LogP contribution in [0.25, 0.3) is 6.08 Å². The molecule has 2 fully saturated rings. The molecule has 1 aromatic carbocycles. The summed E-state index contributed by atoms with van der Waals surface area (Å²) in [5.74, 6) is -1.29. The molecule has 0 spiro atoms. The van der Waals surface area contributed by atoms with Crippen LogP contribution in [-0.2, 0) is 19.1 Å². The Hall–Kier alpha value is -2.92. The number of morpholine rings is 1. The van der Waals surface area contributed by atoms with Crippen LogP contribution in [0.1, 0.15) is 25.8 Å². The van der Waals surface area contributed by atoms with E-state index < -0.39 is 28.6 Å². The molecule has 0 saturated carbocycles. The van der Waals surface area contributed by atoms with Gasteiger partial charge >= 0.3 is 5.97 Å². The number of hydrogen-bond donors (Lipinski definition) is 0. The van der Waals surface area contributed by atoms with Gasteiger partial charge in [0.15, 0.2) is 0 Å². The van der Waals surface area contributed by atoms with Crippen LogP contribution in [0.15, 0.2) is 23.1 Å². The third-order valence-corrected chi connectivity index (χ3v) is 5.84. The largest absolute Gasteiger partial charge is 0.461 e. The molecule has 2 aliphatic rings. The first-order valence-corrected chi connectivity index (χ1v) is 10.7. The lowest BCUT2D eigenvalue weighted by molar-refractivity contribution is -0.384. The molecule has 2 heterocycles. The molecule has 31 heavy (non-hydrogen) atoms. The summed E-state index contributed by atoms with van der Waals surface area (Å²) >= 11 is 0.691. The highest BCUT2D eigenvalue weighted by molar-refractivity contribution is 8.18.